The SMILES string of the molecule is COc1ccccc1C(=O)N1CCCN(C(=O)c2ccccc2S(=O)(=O)N2CCCCC2)CC1. The van der Waals surface area contributed by atoms with Crippen LogP contribution in [0, 0.1) is 0 Å². The zero-order valence-electron chi connectivity index (χ0n) is 19.5. The molecule has 8 nitrogen and oxygen atoms in total. The van der Waals surface area contributed by atoms with E-state index in [-0.39, 0.29) is 22.3 Å². The van der Waals surface area contributed by atoms with Crippen molar-refractivity contribution in [3.8, 4) is 5.75 Å². The Balaban J connectivity index is 1.51. The van der Waals surface area contributed by atoms with E-state index in [1.54, 1.807) is 46.2 Å². The molecule has 182 valence electrons. The summed E-state index contributed by atoms with van der Waals surface area (Å²) in [5.74, 6) is 0.0594. The second kappa shape index (κ2) is 10.6. The minimum Gasteiger partial charge on any atom is -0.496 e. The molecule has 9 heteroatoms. The number of hydrogen-bond acceptors (Lipinski definition) is 5. The molecule has 2 aromatic rings. The first-order chi connectivity index (χ1) is 16.4. The molecule has 0 unspecified atom stereocenters. The van der Waals surface area contributed by atoms with Crippen molar-refractivity contribution in [1.29, 1.82) is 0 Å². The molecule has 0 bridgehead atoms. The monoisotopic (exact) mass is 485 g/mol. The van der Waals surface area contributed by atoms with Crippen LogP contribution in [0.25, 0.3) is 0 Å². The molecule has 0 saturated carbocycles. The van der Waals surface area contributed by atoms with E-state index >= 15 is 0 Å². The molecule has 0 spiro atoms. The fourth-order valence-corrected chi connectivity index (χ4v) is 6.30. The van der Waals surface area contributed by atoms with Crippen LogP contribution in [-0.4, -0.2) is 80.7 Å². The highest BCUT2D eigenvalue weighted by Crippen LogP contribution is 2.25. The van der Waals surface area contributed by atoms with Crippen LogP contribution in [0.2, 0.25) is 0 Å². The number of ether oxygens (including phenoxy) is 1. The van der Waals surface area contributed by atoms with Crippen LogP contribution < -0.4 is 4.74 Å². The summed E-state index contributed by atoms with van der Waals surface area (Å²) in [4.78, 5) is 30.0. The first kappa shape index (κ1) is 24.2. The lowest BCUT2D eigenvalue weighted by molar-refractivity contribution is 0.0715. The van der Waals surface area contributed by atoms with Crippen molar-refractivity contribution in [2.45, 2.75) is 30.6 Å². The van der Waals surface area contributed by atoms with E-state index in [9.17, 15) is 18.0 Å². The van der Waals surface area contributed by atoms with E-state index in [0.29, 0.717) is 57.0 Å². The summed E-state index contributed by atoms with van der Waals surface area (Å²) in [5.41, 5.74) is 0.681. The first-order valence-corrected chi connectivity index (χ1v) is 13.2. The molecule has 0 aliphatic carbocycles. The van der Waals surface area contributed by atoms with E-state index in [1.165, 1.54) is 17.5 Å². The average molecular weight is 486 g/mol. The van der Waals surface area contributed by atoms with Gasteiger partial charge in [-0.15, -0.1) is 0 Å². The van der Waals surface area contributed by atoms with Gasteiger partial charge in [-0.1, -0.05) is 30.7 Å². The van der Waals surface area contributed by atoms with Crippen LogP contribution in [0.4, 0.5) is 0 Å². The Kier molecular flexibility index (Phi) is 7.53. The lowest BCUT2D eigenvalue weighted by Gasteiger charge is -2.28. The summed E-state index contributed by atoms with van der Waals surface area (Å²) < 4.78 is 33.4. The Morgan fingerprint density at radius 2 is 1.26 bits per heavy atom. The Morgan fingerprint density at radius 3 is 1.91 bits per heavy atom. The van der Waals surface area contributed by atoms with E-state index < -0.39 is 10.0 Å². The number of para-hydroxylation sites is 1. The number of methoxy groups -OCH3 is 1. The molecule has 2 saturated heterocycles. The normalized spacial score (nSPS) is 17.8. The van der Waals surface area contributed by atoms with E-state index in [0.717, 1.165) is 19.3 Å². The first-order valence-electron chi connectivity index (χ1n) is 11.7. The van der Waals surface area contributed by atoms with Gasteiger partial charge in [0.1, 0.15) is 5.75 Å². The van der Waals surface area contributed by atoms with Crippen molar-refractivity contribution in [2.24, 2.45) is 0 Å². The van der Waals surface area contributed by atoms with Gasteiger partial charge in [0.05, 0.1) is 23.1 Å². The second-order valence-corrected chi connectivity index (χ2v) is 10.5. The number of benzene rings is 2. The maximum Gasteiger partial charge on any atom is 0.257 e. The Bertz CT molecular complexity index is 1140. The van der Waals surface area contributed by atoms with E-state index in [1.807, 2.05) is 6.07 Å². The molecule has 34 heavy (non-hydrogen) atoms. The summed E-state index contributed by atoms with van der Waals surface area (Å²) in [6.07, 6.45) is 3.28. The number of piperidine rings is 1. The third-order valence-corrected chi connectivity index (χ3v) is 8.41. The number of carbonyl (C=O) groups excluding carboxylic acids is 2. The quantitative estimate of drug-likeness (QED) is 0.650. The zero-order chi connectivity index (χ0) is 24.1. The summed E-state index contributed by atoms with van der Waals surface area (Å²) in [5, 5.41) is 0. The molecule has 2 fully saturated rings. The van der Waals surface area contributed by atoms with Gasteiger partial charge in [0.25, 0.3) is 11.8 Å². The number of rotatable bonds is 5. The molecular formula is C25H31N3O5S. The third kappa shape index (κ3) is 4.95. The molecule has 2 aliphatic heterocycles. The summed E-state index contributed by atoms with van der Waals surface area (Å²) in [7, 11) is -2.21. The van der Waals surface area contributed by atoms with Crippen LogP contribution in [0.15, 0.2) is 53.4 Å². The molecule has 2 amide bonds. The van der Waals surface area contributed by atoms with Gasteiger partial charge in [0.2, 0.25) is 10.0 Å². The maximum atomic E-state index is 13.5. The van der Waals surface area contributed by atoms with E-state index in [4.69, 9.17) is 4.74 Å². The van der Waals surface area contributed by atoms with Gasteiger partial charge < -0.3 is 14.5 Å². The molecule has 4 rings (SSSR count). The van der Waals surface area contributed by atoms with Gasteiger partial charge in [-0.2, -0.15) is 4.31 Å². The van der Waals surface area contributed by atoms with Crippen molar-refractivity contribution in [3.05, 3.63) is 59.7 Å². The van der Waals surface area contributed by atoms with Crippen LogP contribution >= 0.6 is 0 Å². The summed E-state index contributed by atoms with van der Waals surface area (Å²) in [6.45, 7) is 2.62. The van der Waals surface area contributed by atoms with Crippen molar-refractivity contribution in [1.82, 2.24) is 14.1 Å². The van der Waals surface area contributed by atoms with Crippen molar-refractivity contribution < 1.29 is 22.7 Å². The topological polar surface area (TPSA) is 87.2 Å². The molecule has 2 aliphatic rings. The standard InChI is InChI=1S/C25H31N3O5S/c1-33-22-12-5-3-10-20(22)24(29)26-14-9-15-27(19-18-26)25(30)21-11-4-6-13-23(21)34(31,32)28-16-7-2-8-17-28/h3-6,10-13H,2,7-9,14-19H2,1H3. The van der Waals surface area contributed by atoms with Crippen molar-refractivity contribution in [2.75, 3.05) is 46.4 Å². The van der Waals surface area contributed by atoms with Crippen LogP contribution in [0.1, 0.15) is 46.4 Å². The van der Waals surface area contributed by atoms with Crippen LogP contribution in [-0.2, 0) is 10.0 Å². The van der Waals surface area contributed by atoms with Crippen molar-refractivity contribution >= 4 is 21.8 Å². The van der Waals surface area contributed by atoms with E-state index in [2.05, 4.69) is 0 Å². The smallest absolute Gasteiger partial charge is 0.257 e. The number of sulfonamides is 1. The van der Waals surface area contributed by atoms with Crippen LogP contribution in [0.3, 0.4) is 0 Å². The predicted molar refractivity (Wildman–Crippen MR) is 128 cm³/mol. The zero-order valence-corrected chi connectivity index (χ0v) is 20.3. The third-order valence-electron chi connectivity index (χ3n) is 6.46. The minimum absolute atomic E-state index is 0.0631. The Morgan fingerprint density at radius 1 is 0.706 bits per heavy atom. The fourth-order valence-electron chi connectivity index (χ4n) is 4.60. The minimum atomic E-state index is -3.75. The van der Waals surface area contributed by atoms with Gasteiger partial charge in [0.15, 0.2) is 0 Å². The fraction of sp³-hybridized carbons (Fsp3) is 0.440. The second-order valence-electron chi connectivity index (χ2n) is 8.60. The lowest BCUT2D eigenvalue weighted by Crippen LogP contribution is -2.39. The molecule has 0 N–H and O–H groups in total. The largest absolute Gasteiger partial charge is 0.496 e. The predicted octanol–water partition coefficient (Wildman–Crippen LogP) is 2.86. The van der Waals surface area contributed by atoms with Gasteiger partial charge in [-0.3, -0.25) is 9.59 Å². The highest BCUT2D eigenvalue weighted by molar-refractivity contribution is 7.89. The maximum absolute atomic E-state index is 13.5. The highest BCUT2D eigenvalue weighted by atomic mass is 32.2. The Hall–Kier alpha value is -2.91. The molecule has 0 aromatic heterocycles. The number of carbonyl (C=O) groups is 2. The molecular weight excluding hydrogens is 454 g/mol. The molecule has 2 aromatic carbocycles. The molecule has 2 heterocycles. The average Bonchev–Trinajstić information content (AvgIpc) is 3.15. The number of amides is 2. The molecule has 0 atom stereocenters. The number of hydrogen-bond donors (Lipinski definition) is 0. The van der Waals surface area contributed by atoms with Gasteiger partial charge >= 0.3 is 0 Å². The molecule has 0 radical (unpaired) electrons. The lowest BCUT2D eigenvalue weighted by atomic mass is 10.1. The number of nitrogens with zero attached hydrogens (tertiary/aromatic N) is 3. The van der Waals surface area contributed by atoms with Gasteiger partial charge in [-0.25, -0.2) is 8.42 Å². The summed E-state index contributed by atoms with van der Waals surface area (Å²) in [6, 6.07) is 13.5. The van der Waals surface area contributed by atoms with Crippen LogP contribution in [0.5, 0.6) is 5.75 Å². The van der Waals surface area contributed by atoms with Gasteiger partial charge in [0, 0.05) is 39.3 Å². The Labute approximate surface area is 201 Å². The van der Waals surface area contributed by atoms with Crippen molar-refractivity contribution in [3.63, 3.8) is 0 Å². The van der Waals surface area contributed by atoms with Gasteiger partial charge in [-0.05, 0) is 43.5 Å². The summed E-state index contributed by atoms with van der Waals surface area (Å²) >= 11 is 0. The highest BCUT2D eigenvalue weighted by Gasteiger charge is 2.32.